The van der Waals surface area contributed by atoms with Crippen LogP contribution in [0.1, 0.15) is 58.4 Å². The summed E-state index contributed by atoms with van der Waals surface area (Å²) in [6.07, 6.45) is 1.67. The summed E-state index contributed by atoms with van der Waals surface area (Å²) in [6.45, 7) is 15.3. The van der Waals surface area contributed by atoms with Crippen LogP contribution in [-0.4, -0.2) is 25.9 Å². The number of hydrogen-bond donors (Lipinski definition) is 2. The number of pyridine rings is 2. The normalized spacial score (nSPS) is 15.3. The summed E-state index contributed by atoms with van der Waals surface area (Å²) < 4.78 is 3.64. The molecule has 0 bridgehead atoms. The predicted molar refractivity (Wildman–Crippen MR) is 142 cm³/mol. The van der Waals surface area contributed by atoms with Gasteiger partial charge in [0.2, 0.25) is 0 Å². The number of rotatable bonds is 4. The van der Waals surface area contributed by atoms with E-state index in [9.17, 15) is 4.79 Å². The van der Waals surface area contributed by atoms with Crippen LogP contribution in [0, 0.1) is 0 Å². The second kappa shape index (κ2) is 8.34. The maximum Gasteiger partial charge on any atom is 0.276 e. The Hall–Kier alpha value is -3.45. The summed E-state index contributed by atoms with van der Waals surface area (Å²) in [4.78, 5) is 22.7. The van der Waals surface area contributed by atoms with Gasteiger partial charge in [-0.05, 0) is 42.3 Å². The third-order valence-electron chi connectivity index (χ3n) is 6.83. The van der Waals surface area contributed by atoms with Crippen molar-refractivity contribution in [3.63, 3.8) is 0 Å². The van der Waals surface area contributed by atoms with Gasteiger partial charge in [-0.1, -0.05) is 46.8 Å². The molecule has 4 heterocycles. The van der Waals surface area contributed by atoms with Crippen LogP contribution in [0.5, 0.6) is 0 Å². The molecule has 0 aliphatic carbocycles. The Bertz CT molecular complexity index is 1470. The van der Waals surface area contributed by atoms with E-state index in [1.165, 1.54) is 11.1 Å². The minimum Gasteiger partial charge on any atom is -0.340 e. The van der Waals surface area contributed by atoms with E-state index >= 15 is 0 Å². The predicted octanol–water partition coefficient (Wildman–Crippen LogP) is 5.02. The highest BCUT2D eigenvalue weighted by atomic mass is 16.1. The molecule has 0 fully saturated rings. The second-order valence-electron chi connectivity index (χ2n) is 11.0. The first-order valence-electron chi connectivity index (χ1n) is 12.3. The van der Waals surface area contributed by atoms with Gasteiger partial charge in [-0.2, -0.15) is 0 Å². The van der Waals surface area contributed by atoms with Crippen molar-refractivity contribution in [2.45, 2.75) is 65.5 Å². The molecule has 0 saturated heterocycles. The van der Waals surface area contributed by atoms with Crippen molar-refractivity contribution in [3.05, 3.63) is 75.8 Å². The molecule has 5 rings (SSSR count). The van der Waals surface area contributed by atoms with Crippen LogP contribution in [0.4, 0.5) is 11.5 Å². The maximum atomic E-state index is 13.2. The Morgan fingerprint density at radius 2 is 1.94 bits per heavy atom. The van der Waals surface area contributed by atoms with Crippen LogP contribution >= 0.6 is 0 Å². The molecule has 7 nitrogen and oxygen atoms in total. The van der Waals surface area contributed by atoms with Crippen LogP contribution < -0.4 is 16.2 Å². The van der Waals surface area contributed by atoms with E-state index in [1.54, 1.807) is 10.9 Å². The average Bonchev–Trinajstić information content (AvgIpc) is 3.09. The van der Waals surface area contributed by atoms with E-state index < -0.39 is 0 Å². The minimum atomic E-state index is -0.0968. The number of nitrogens with zero attached hydrogens (tertiary/aromatic N) is 4. The third-order valence-corrected chi connectivity index (χ3v) is 6.83. The lowest BCUT2D eigenvalue weighted by atomic mass is 9.79. The second-order valence-corrected chi connectivity index (χ2v) is 11.0. The SMILES string of the molecule is CCn1c(=O)c2cnc(Nc3ccc4c(c3)CNCC4(C)C)cc2n1-c1cccc(C(C)(C)C)n1. The third kappa shape index (κ3) is 4.14. The van der Waals surface area contributed by atoms with Crippen LogP contribution in [0.15, 0.2) is 53.5 Å². The fourth-order valence-corrected chi connectivity index (χ4v) is 4.93. The Morgan fingerprint density at radius 1 is 1.14 bits per heavy atom. The van der Waals surface area contributed by atoms with Crippen molar-refractivity contribution >= 4 is 22.4 Å². The lowest BCUT2D eigenvalue weighted by Gasteiger charge is -2.33. The van der Waals surface area contributed by atoms with Crippen LogP contribution in [0.25, 0.3) is 16.7 Å². The molecule has 35 heavy (non-hydrogen) atoms. The first-order valence-corrected chi connectivity index (χ1v) is 12.3. The fourth-order valence-electron chi connectivity index (χ4n) is 4.93. The molecule has 4 aromatic rings. The van der Waals surface area contributed by atoms with Gasteiger partial charge in [0.25, 0.3) is 5.56 Å². The van der Waals surface area contributed by atoms with Gasteiger partial charge in [0.1, 0.15) is 5.82 Å². The molecule has 1 aliphatic rings. The van der Waals surface area contributed by atoms with E-state index in [0.717, 1.165) is 35.8 Å². The van der Waals surface area contributed by atoms with E-state index in [2.05, 4.69) is 68.4 Å². The fraction of sp³-hybridized carbons (Fsp3) is 0.393. The molecule has 0 saturated carbocycles. The van der Waals surface area contributed by atoms with E-state index in [0.29, 0.717) is 17.7 Å². The summed E-state index contributed by atoms with van der Waals surface area (Å²) in [7, 11) is 0. The lowest BCUT2D eigenvalue weighted by molar-refractivity contribution is 0.435. The number of benzene rings is 1. The van der Waals surface area contributed by atoms with Crippen molar-refractivity contribution in [1.29, 1.82) is 0 Å². The highest BCUT2D eigenvalue weighted by Crippen LogP contribution is 2.32. The van der Waals surface area contributed by atoms with Crippen molar-refractivity contribution in [1.82, 2.24) is 24.6 Å². The van der Waals surface area contributed by atoms with E-state index in [4.69, 9.17) is 4.98 Å². The van der Waals surface area contributed by atoms with Gasteiger partial charge in [0.05, 0.1) is 10.9 Å². The van der Waals surface area contributed by atoms with E-state index in [1.807, 2.05) is 35.9 Å². The number of hydrogen-bond acceptors (Lipinski definition) is 5. The molecule has 0 amide bonds. The largest absolute Gasteiger partial charge is 0.340 e. The number of fused-ring (bicyclic) bond motifs is 2. The Kier molecular flexibility index (Phi) is 5.55. The molecule has 3 aromatic heterocycles. The molecular weight excluding hydrogens is 436 g/mol. The number of nitrogens with one attached hydrogen (secondary N) is 2. The highest BCUT2D eigenvalue weighted by molar-refractivity contribution is 5.82. The van der Waals surface area contributed by atoms with Gasteiger partial charge in [-0.25, -0.2) is 19.3 Å². The molecule has 1 aliphatic heterocycles. The monoisotopic (exact) mass is 470 g/mol. The summed E-state index contributed by atoms with van der Waals surface area (Å²) in [6, 6.07) is 14.4. The summed E-state index contributed by atoms with van der Waals surface area (Å²) >= 11 is 0. The van der Waals surface area contributed by atoms with Gasteiger partial charge in [0.15, 0.2) is 5.82 Å². The zero-order valence-corrected chi connectivity index (χ0v) is 21.4. The smallest absolute Gasteiger partial charge is 0.276 e. The summed E-state index contributed by atoms with van der Waals surface area (Å²) in [5, 5.41) is 7.54. The van der Waals surface area contributed by atoms with Gasteiger partial charge < -0.3 is 10.6 Å². The van der Waals surface area contributed by atoms with E-state index in [-0.39, 0.29) is 16.4 Å². The molecule has 0 atom stereocenters. The van der Waals surface area contributed by atoms with Crippen LogP contribution in [0.3, 0.4) is 0 Å². The topological polar surface area (TPSA) is 76.8 Å². The summed E-state index contributed by atoms with van der Waals surface area (Å²) in [5.74, 6) is 1.42. The molecule has 182 valence electrons. The van der Waals surface area contributed by atoms with Gasteiger partial charge in [-0.3, -0.25) is 4.79 Å². The average molecular weight is 471 g/mol. The number of aromatic nitrogens is 4. The lowest BCUT2D eigenvalue weighted by Crippen LogP contribution is -2.38. The number of anilines is 2. The molecular formula is C28H34N6O. The quantitative estimate of drug-likeness (QED) is 0.438. The molecule has 2 N–H and O–H groups in total. The standard InChI is InChI=1S/C28H34N6O/c1-7-33-26(35)20-16-30-24(31-19-11-12-21-18(13-19)15-29-17-28(21,5)6)14-22(20)34(33)25-10-8-9-23(32-25)27(2,3)4/h8-14,16,29H,7,15,17H2,1-6H3,(H,30,31). The Balaban J connectivity index is 1.59. The summed E-state index contributed by atoms with van der Waals surface area (Å²) in [5.41, 5.74) is 5.36. The van der Waals surface area contributed by atoms with Gasteiger partial charge >= 0.3 is 0 Å². The molecule has 0 unspecified atom stereocenters. The Morgan fingerprint density at radius 3 is 2.69 bits per heavy atom. The zero-order valence-electron chi connectivity index (χ0n) is 21.4. The Labute approximate surface area is 206 Å². The molecule has 0 spiro atoms. The molecule has 7 heteroatoms. The van der Waals surface area contributed by atoms with Crippen LogP contribution in [0.2, 0.25) is 0 Å². The zero-order chi connectivity index (χ0) is 25.0. The van der Waals surface area contributed by atoms with Gasteiger partial charge in [-0.15, -0.1) is 0 Å². The van der Waals surface area contributed by atoms with Crippen molar-refractivity contribution < 1.29 is 0 Å². The molecule has 1 aromatic carbocycles. The first-order chi connectivity index (χ1) is 16.6. The van der Waals surface area contributed by atoms with Crippen molar-refractivity contribution in [3.8, 4) is 5.82 Å². The van der Waals surface area contributed by atoms with Crippen LogP contribution in [-0.2, 0) is 23.9 Å². The van der Waals surface area contributed by atoms with Crippen molar-refractivity contribution in [2.24, 2.45) is 0 Å². The van der Waals surface area contributed by atoms with Crippen molar-refractivity contribution in [2.75, 3.05) is 11.9 Å². The highest BCUT2D eigenvalue weighted by Gasteiger charge is 2.27. The maximum absolute atomic E-state index is 13.2. The van der Waals surface area contributed by atoms with Gasteiger partial charge in [0, 0.05) is 54.1 Å². The first kappa shape index (κ1) is 23.3. The molecule has 0 radical (unpaired) electrons. The minimum absolute atomic E-state index is 0.0633.